The van der Waals surface area contributed by atoms with Crippen LogP contribution in [0.2, 0.25) is 0 Å². The summed E-state index contributed by atoms with van der Waals surface area (Å²) in [5.41, 5.74) is 3.86. The Bertz CT molecular complexity index is 555. The van der Waals surface area contributed by atoms with Gasteiger partial charge in [0.1, 0.15) is 0 Å². The highest BCUT2D eigenvalue weighted by atomic mass is 16.5. The van der Waals surface area contributed by atoms with Crippen LogP contribution in [0.1, 0.15) is 20.3 Å². The number of primary amides is 1. The zero-order chi connectivity index (χ0) is 16.0. The van der Waals surface area contributed by atoms with Crippen LogP contribution in [-0.4, -0.2) is 47.5 Å². The average molecular weight is 299 g/mol. The number of aliphatic hydroxyl groups is 1. The van der Waals surface area contributed by atoms with Gasteiger partial charge in [0.15, 0.2) is 11.1 Å². The predicted molar refractivity (Wildman–Crippen MR) is 67.9 cm³/mol. The van der Waals surface area contributed by atoms with Gasteiger partial charge in [0.05, 0.1) is 19.3 Å². The summed E-state index contributed by atoms with van der Waals surface area (Å²) < 4.78 is 9.64. The minimum Gasteiger partial charge on any atom is -0.466 e. The average Bonchev–Trinajstić information content (AvgIpc) is 2.84. The standard InChI is InChI=1S/C12H17N3O6/c1-6-7(8(16)20-3)12(4-5-21-9(12)17)11(2,19)15(6)14-10(13)18/h19H,4-5H2,1-3H3,(H3,13,14,18)/t11-,12-/m1/s1. The fraction of sp³-hybridized carbons (Fsp3) is 0.583. The van der Waals surface area contributed by atoms with Crippen molar-refractivity contribution in [2.75, 3.05) is 13.7 Å². The van der Waals surface area contributed by atoms with Crippen molar-refractivity contribution in [3.05, 3.63) is 11.3 Å². The van der Waals surface area contributed by atoms with Crippen LogP contribution in [0, 0.1) is 5.41 Å². The van der Waals surface area contributed by atoms with E-state index in [1.54, 1.807) is 0 Å². The van der Waals surface area contributed by atoms with Gasteiger partial charge in [-0.2, -0.15) is 0 Å². The molecule has 1 saturated heterocycles. The van der Waals surface area contributed by atoms with E-state index in [2.05, 4.69) is 5.43 Å². The number of hydrazine groups is 1. The van der Waals surface area contributed by atoms with Crippen molar-refractivity contribution < 1.29 is 29.0 Å². The molecule has 0 bridgehead atoms. The number of carbonyl (C=O) groups is 3. The number of allylic oxidation sites excluding steroid dienone is 1. The Morgan fingerprint density at radius 1 is 1.52 bits per heavy atom. The number of nitrogens with one attached hydrogen (secondary N) is 1. The molecule has 21 heavy (non-hydrogen) atoms. The third-order valence-electron chi connectivity index (χ3n) is 4.04. The Kier molecular flexibility index (Phi) is 3.32. The lowest BCUT2D eigenvalue weighted by Gasteiger charge is -2.40. The van der Waals surface area contributed by atoms with Crippen molar-refractivity contribution >= 4 is 18.0 Å². The molecular weight excluding hydrogens is 282 g/mol. The van der Waals surface area contributed by atoms with Crippen LogP contribution in [0.5, 0.6) is 0 Å². The minimum absolute atomic E-state index is 0.0488. The normalized spacial score (nSPS) is 31.6. The van der Waals surface area contributed by atoms with Crippen molar-refractivity contribution in [3.8, 4) is 0 Å². The van der Waals surface area contributed by atoms with E-state index in [0.717, 1.165) is 12.1 Å². The molecule has 9 nitrogen and oxygen atoms in total. The summed E-state index contributed by atoms with van der Waals surface area (Å²) in [5.74, 6) is -1.53. The van der Waals surface area contributed by atoms with Crippen LogP contribution in [0.15, 0.2) is 11.3 Å². The van der Waals surface area contributed by atoms with Crippen molar-refractivity contribution in [2.45, 2.75) is 26.0 Å². The largest absolute Gasteiger partial charge is 0.466 e. The predicted octanol–water partition coefficient (Wildman–Crippen LogP) is -1.03. The number of urea groups is 1. The lowest BCUT2D eigenvalue weighted by Crippen LogP contribution is -2.61. The van der Waals surface area contributed by atoms with Crippen LogP contribution < -0.4 is 11.2 Å². The molecule has 2 aliphatic heterocycles. The van der Waals surface area contributed by atoms with Gasteiger partial charge in [-0.25, -0.2) is 15.0 Å². The molecule has 2 heterocycles. The number of hydrogen-bond acceptors (Lipinski definition) is 7. The molecule has 0 radical (unpaired) electrons. The number of methoxy groups -OCH3 is 1. The molecule has 2 aliphatic rings. The van der Waals surface area contributed by atoms with Crippen molar-refractivity contribution in [2.24, 2.45) is 11.1 Å². The zero-order valence-electron chi connectivity index (χ0n) is 11.9. The van der Waals surface area contributed by atoms with E-state index in [1.165, 1.54) is 13.8 Å². The lowest BCUT2D eigenvalue weighted by atomic mass is 9.72. The number of carbonyl (C=O) groups excluding carboxylic acids is 3. The van der Waals surface area contributed by atoms with Gasteiger partial charge in [-0.05, 0) is 13.8 Å². The zero-order valence-corrected chi connectivity index (χ0v) is 11.9. The summed E-state index contributed by atoms with van der Waals surface area (Å²) in [6, 6.07) is -0.942. The summed E-state index contributed by atoms with van der Waals surface area (Å²) in [7, 11) is 1.16. The van der Waals surface area contributed by atoms with E-state index in [-0.39, 0.29) is 24.3 Å². The second-order valence-corrected chi connectivity index (χ2v) is 5.08. The van der Waals surface area contributed by atoms with Crippen LogP contribution in [0.4, 0.5) is 4.79 Å². The molecule has 0 aromatic heterocycles. The summed E-state index contributed by atoms with van der Waals surface area (Å²) in [5, 5.41) is 11.8. The maximum atomic E-state index is 12.2. The van der Waals surface area contributed by atoms with Crippen LogP contribution in [0.3, 0.4) is 0 Å². The minimum atomic E-state index is -1.91. The van der Waals surface area contributed by atoms with Gasteiger partial charge < -0.3 is 20.3 Å². The highest BCUT2D eigenvalue weighted by Gasteiger charge is 2.69. The molecule has 0 saturated carbocycles. The van der Waals surface area contributed by atoms with Gasteiger partial charge in [0.2, 0.25) is 0 Å². The number of nitrogens with zero attached hydrogens (tertiary/aromatic N) is 1. The Labute approximate surface area is 120 Å². The summed E-state index contributed by atoms with van der Waals surface area (Å²) in [6.07, 6.45) is 0.0809. The van der Waals surface area contributed by atoms with Gasteiger partial charge in [-0.3, -0.25) is 9.80 Å². The van der Waals surface area contributed by atoms with Crippen LogP contribution in [0.25, 0.3) is 0 Å². The maximum absolute atomic E-state index is 12.2. The molecular formula is C12H17N3O6. The second-order valence-electron chi connectivity index (χ2n) is 5.08. The Balaban J connectivity index is 2.65. The molecule has 1 fully saturated rings. The van der Waals surface area contributed by atoms with E-state index >= 15 is 0 Å². The molecule has 4 N–H and O–H groups in total. The van der Waals surface area contributed by atoms with Gasteiger partial charge in [-0.15, -0.1) is 0 Å². The number of cyclic esters (lactones) is 1. The van der Waals surface area contributed by atoms with E-state index in [4.69, 9.17) is 15.2 Å². The first-order valence-electron chi connectivity index (χ1n) is 6.25. The highest BCUT2D eigenvalue weighted by molar-refractivity contribution is 6.01. The smallest absolute Gasteiger partial charge is 0.336 e. The summed E-state index contributed by atoms with van der Waals surface area (Å²) >= 11 is 0. The van der Waals surface area contributed by atoms with E-state index in [9.17, 15) is 19.5 Å². The van der Waals surface area contributed by atoms with Gasteiger partial charge in [0.25, 0.3) is 0 Å². The number of nitrogens with two attached hydrogens (primary N) is 1. The molecule has 9 heteroatoms. The highest BCUT2D eigenvalue weighted by Crippen LogP contribution is 2.54. The summed E-state index contributed by atoms with van der Waals surface area (Å²) in [6.45, 7) is 2.82. The van der Waals surface area contributed by atoms with E-state index in [0.29, 0.717) is 0 Å². The third-order valence-corrected chi connectivity index (χ3v) is 4.04. The number of amides is 2. The van der Waals surface area contributed by atoms with E-state index in [1.807, 2.05) is 0 Å². The van der Waals surface area contributed by atoms with Crippen molar-refractivity contribution in [1.29, 1.82) is 0 Å². The second kappa shape index (κ2) is 4.62. The van der Waals surface area contributed by atoms with Crippen molar-refractivity contribution in [3.63, 3.8) is 0 Å². The maximum Gasteiger partial charge on any atom is 0.336 e. The van der Waals surface area contributed by atoms with Crippen molar-refractivity contribution in [1.82, 2.24) is 10.4 Å². The van der Waals surface area contributed by atoms with Crippen LogP contribution in [-0.2, 0) is 19.1 Å². The molecule has 2 amide bonds. The molecule has 2 atom stereocenters. The Morgan fingerprint density at radius 3 is 2.57 bits per heavy atom. The number of hydrogen-bond donors (Lipinski definition) is 3. The Morgan fingerprint density at radius 2 is 2.14 bits per heavy atom. The van der Waals surface area contributed by atoms with E-state index < -0.39 is 29.1 Å². The fourth-order valence-corrected chi connectivity index (χ4v) is 3.08. The lowest BCUT2D eigenvalue weighted by molar-refractivity contribution is -0.177. The number of rotatable bonds is 2. The SMILES string of the molecule is COC(=O)C1=C(C)N(NC(N)=O)[C@](C)(O)[C@]12CCOC2=O. The monoisotopic (exact) mass is 299 g/mol. The van der Waals surface area contributed by atoms with Crippen LogP contribution >= 0.6 is 0 Å². The number of ether oxygens (including phenoxy) is 2. The molecule has 0 aromatic rings. The fourth-order valence-electron chi connectivity index (χ4n) is 3.08. The first kappa shape index (κ1) is 15.1. The quantitative estimate of drug-likeness (QED) is 0.556. The molecule has 0 unspecified atom stereocenters. The number of esters is 2. The first-order valence-corrected chi connectivity index (χ1v) is 6.25. The van der Waals surface area contributed by atoms with Gasteiger partial charge >= 0.3 is 18.0 Å². The molecule has 0 aliphatic carbocycles. The van der Waals surface area contributed by atoms with Gasteiger partial charge in [-0.1, -0.05) is 0 Å². The van der Waals surface area contributed by atoms with Gasteiger partial charge in [0, 0.05) is 12.1 Å². The summed E-state index contributed by atoms with van der Waals surface area (Å²) in [4.78, 5) is 35.4. The molecule has 116 valence electrons. The third kappa shape index (κ3) is 1.77. The Hall–Kier alpha value is -2.29. The topological polar surface area (TPSA) is 131 Å². The molecule has 2 rings (SSSR count). The molecule has 0 aromatic carbocycles. The molecule has 1 spiro atoms. The first-order chi connectivity index (χ1) is 9.70.